The number of sulfonamides is 1. The van der Waals surface area contributed by atoms with Gasteiger partial charge in [0.1, 0.15) is 5.75 Å². The van der Waals surface area contributed by atoms with Gasteiger partial charge in [0, 0.05) is 12.6 Å². The summed E-state index contributed by atoms with van der Waals surface area (Å²) in [5.74, 6) is 0.579. The maximum atomic E-state index is 11.9. The van der Waals surface area contributed by atoms with E-state index in [1.54, 1.807) is 13.0 Å². The van der Waals surface area contributed by atoms with Crippen LogP contribution in [0, 0.1) is 0 Å². The first-order valence-corrected chi connectivity index (χ1v) is 7.24. The summed E-state index contributed by atoms with van der Waals surface area (Å²) >= 11 is 3.24. The second-order valence-corrected chi connectivity index (χ2v) is 6.12. The van der Waals surface area contributed by atoms with Crippen molar-refractivity contribution in [3.63, 3.8) is 0 Å². The largest absolute Gasteiger partial charge is 0.496 e. The van der Waals surface area contributed by atoms with Crippen molar-refractivity contribution in [1.82, 2.24) is 4.72 Å². The van der Waals surface area contributed by atoms with Crippen LogP contribution in [0.25, 0.3) is 0 Å². The Morgan fingerprint density at radius 1 is 1.50 bits per heavy atom. The van der Waals surface area contributed by atoms with Crippen molar-refractivity contribution in [3.8, 4) is 5.75 Å². The Bertz CT molecular complexity index is 496. The molecule has 0 radical (unpaired) electrons. The van der Waals surface area contributed by atoms with Crippen molar-refractivity contribution in [3.05, 3.63) is 22.7 Å². The normalized spacial score (nSPS) is 12.7. The summed E-state index contributed by atoms with van der Waals surface area (Å²) in [4.78, 5) is 0.172. The molecule has 0 saturated carbocycles. The van der Waals surface area contributed by atoms with Crippen LogP contribution in [-0.4, -0.2) is 28.1 Å². The van der Waals surface area contributed by atoms with Crippen LogP contribution in [0.15, 0.2) is 27.6 Å². The molecule has 0 saturated heterocycles. The Hall–Kier alpha value is -0.340. The predicted octanol–water partition coefficient (Wildman–Crippen LogP) is 1.51. The molecular formula is C10H16BrClN2O3S. The zero-order valence-electron chi connectivity index (χ0n) is 10.0. The van der Waals surface area contributed by atoms with Crippen LogP contribution in [0.5, 0.6) is 5.75 Å². The van der Waals surface area contributed by atoms with Gasteiger partial charge in [-0.2, -0.15) is 0 Å². The zero-order chi connectivity index (χ0) is 13.1. The number of rotatable bonds is 5. The summed E-state index contributed by atoms with van der Waals surface area (Å²) in [5.41, 5.74) is 5.38. The molecule has 0 aromatic heterocycles. The number of nitrogens with two attached hydrogens (primary N) is 1. The van der Waals surface area contributed by atoms with Crippen molar-refractivity contribution in [2.24, 2.45) is 5.73 Å². The fraction of sp³-hybridized carbons (Fsp3) is 0.400. The Labute approximate surface area is 122 Å². The van der Waals surface area contributed by atoms with Gasteiger partial charge in [0.05, 0.1) is 16.5 Å². The number of benzene rings is 1. The van der Waals surface area contributed by atoms with E-state index in [1.807, 2.05) is 0 Å². The Morgan fingerprint density at radius 3 is 2.56 bits per heavy atom. The Balaban J connectivity index is 0.00000289. The fourth-order valence-electron chi connectivity index (χ4n) is 1.20. The van der Waals surface area contributed by atoms with Gasteiger partial charge < -0.3 is 10.5 Å². The molecule has 104 valence electrons. The van der Waals surface area contributed by atoms with E-state index in [2.05, 4.69) is 20.7 Å². The van der Waals surface area contributed by atoms with E-state index in [0.717, 1.165) is 0 Å². The highest BCUT2D eigenvalue weighted by molar-refractivity contribution is 9.10. The third-order valence-electron chi connectivity index (χ3n) is 2.14. The number of hydrogen-bond acceptors (Lipinski definition) is 4. The zero-order valence-corrected chi connectivity index (χ0v) is 13.2. The van der Waals surface area contributed by atoms with Gasteiger partial charge in [-0.15, -0.1) is 12.4 Å². The lowest BCUT2D eigenvalue weighted by Crippen LogP contribution is -2.37. The molecule has 0 aliphatic rings. The molecule has 0 aliphatic carbocycles. The average molecular weight is 360 g/mol. The fourth-order valence-corrected chi connectivity index (χ4v) is 3.17. The lowest BCUT2D eigenvalue weighted by Gasteiger charge is -2.12. The van der Waals surface area contributed by atoms with Crippen LogP contribution in [0.1, 0.15) is 6.92 Å². The maximum Gasteiger partial charge on any atom is 0.240 e. The lowest BCUT2D eigenvalue weighted by molar-refractivity contribution is 0.411. The SMILES string of the molecule is COc1ccc(S(=O)(=O)N[C@@H](C)CN)cc1Br.Cl. The maximum absolute atomic E-state index is 11.9. The molecule has 1 aromatic carbocycles. The quantitative estimate of drug-likeness (QED) is 0.835. The summed E-state index contributed by atoms with van der Waals surface area (Å²) in [6, 6.07) is 4.26. The molecule has 18 heavy (non-hydrogen) atoms. The average Bonchev–Trinajstić information content (AvgIpc) is 2.28. The van der Waals surface area contributed by atoms with Gasteiger partial charge in [0.15, 0.2) is 0 Å². The highest BCUT2D eigenvalue weighted by Crippen LogP contribution is 2.27. The number of methoxy groups -OCH3 is 1. The predicted molar refractivity (Wildman–Crippen MR) is 76.8 cm³/mol. The summed E-state index contributed by atoms with van der Waals surface area (Å²) in [5, 5.41) is 0. The van der Waals surface area contributed by atoms with Crippen molar-refractivity contribution in [2.45, 2.75) is 17.9 Å². The van der Waals surface area contributed by atoms with Crippen molar-refractivity contribution >= 4 is 38.4 Å². The van der Waals surface area contributed by atoms with Crippen LogP contribution in [0.3, 0.4) is 0 Å². The Morgan fingerprint density at radius 2 is 2.11 bits per heavy atom. The van der Waals surface area contributed by atoms with Gasteiger partial charge in [0.25, 0.3) is 0 Å². The summed E-state index contributed by atoms with van der Waals surface area (Å²) in [6.07, 6.45) is 0. The third kappa shape index (κ3) is 4.40. The van der Waals surface area contributed by atoms with Crippen LogP contribution in [0.2, 0.25) is 0 Å². The van der Waals surface area contributed by atoms with E-state index < -0.39 is 10.0 Å². The van der Waals surface area contributed by atoms with Crippen molar-refractivity contribution in [2.75, 3.05) is 13.7 Å². The van der Waals surface area contributed by atoms with E-state index in [1.165, 1.54) is 19.2 Å². The molecule has 0 amide bonds. The topological polar surface area (TPSA) is 81.4 Å². The summed E-state index contributed by atoms with van der Waals surface area (Å²) in [7, 11) is -2.02. The number of hydrogen-bond donors (Lipinski definition) is 2. The number of ether oxygens (including phenoxy) is 1. The molecule has 0 fully saturated rings. The van der Waals surface area contributed by atoms with Gasteiger partial charge >= 0.3 is 0 Å². The molecule has 0 aliphatic heterocycles. The molecular weight excluding hydrogens is 344 g/mol. The van der Waals surface area contributed by atoms with Gasteiger partial charge in [-0.1, -0.05) is 0 Å². The standard InChI is InChI=1S/C10H15BrN2O3S.ClH/c1-7(6-12)13-17(14,15)8-3-4-10(16-2)9(11)5-8;/h3-5,7,13H,6,12H2,1-2H3;1H/t7-;/m0./s1. The molecule has 1 rings (SSSR count). The molecule has 0 unspecified atom stereocenters. The van der Waals surface area contributed by atoms with E-state index in [4.69, 9.17) is 10.5 Å². The third-order valence-corrected chi connectivity index (χ3v) is 4.35. The second kappa shape index (κ2) is 7.30. The molecule has 1 atom stereocenters. The molecule has 1 aromatic rings. The summed E-state index contributed by atoms with van der Waals surface area (Å²) in [6.45, 7) is 1.95. The Kier molecular flexibility index (Phi) is 7.16. The van der Waals surface area contributed by atoms with Gasteiger partial charge in [-0.25, -0.2) is 13.1 Å². The van der Waals surface area contributed by atoms with Crippen LogP contribution in [-0.2, 0) is 10.0 Å². The highest BCUT2D eigenvalue weighted by atomic mass is 79.9. The first-order valence-electron chi connectivity index (χ1n) is 4.96. The molecule has 0 spiro atoms. The van der Waals surface area contributed by atoms with Crippen LogP contribution < -0.4 is 15.2 Å². The van der Waals surface area contributed by atoms with E-state index in [0.29, 0.717) is 10.2 Å². The minimum absolute atomic E-state index is 0. The first kappa shape index (κ1) is 17.7. The molecule has 0 heterocycles. The van der Waals surface area contributed by atoms with Crippen LogP contribution in [0.4, 0.5) is 0 Å². The first-order chi connectivity index (χ1) is 7.90. The molecule has 5 nitrogen and oxygen atoms in total. The smallest absolute Gasteiger partial charge is 0.240 e. The second-order valence-electron chi connectivity index (χ2n) is 3.55. The summed E-state index contributed by atoms with van der Waals surface area (Å²) < 4.78 is 31.9. The number of nitrogens with one attached hydrogen (secondary N) is 1. The number of halogens is 2. The van der Waals surface area contributed by atoms with Crippen molar-refractivity contribution in [1.29, 1.82) is 0 Å². The van der Waals surface area contributed by atoms with E-state index >= 15 is 0 Å². The highest BCUT2D eigenvalue weighted by Gasteiger charge is 2.17. The minimum atomic E-state index is -3.53. The van der Waals surface area contributed by atoms with E-state index in [-0.39, 0.29) is 29.9 Å². The van der Waals surface area contributed by atoms with Gasteiger partial charge in [0.2, 0.25) is 10.0 Å². The lowest BCUT2D eigenvalue weighted by atomic mass is 10.3. The van der Waals surface area contributed by atoms with E-state index in [9.17, 15) is 8.42 Å². The monoisotopic (exact) mass is 358 g/mol. The van der Waals surface area contributed by atoms with Gasteiger partial charge in [-0.05, 0) is 41.1 Å². The molecule has 3 N–H and O–H groups in total. The van der Waals surface area contributed by atoms with Gasteiger partial charge in [-0.3, -0.25) is 0 Å². The molecule has 8 heteroatoms. The van der Waals surface area contributed by atoms with Crippen LogP contribution >= 0.6 is 28.3 Å². The van der Waals surface area contributed by atoms with Crippen molar-refractivity contribution < 1.29 is 13.2 Å². The minimum Gasteiger partial charge on any atom is -0.496 e. The molecule has 0 bridgehead atoms.